The molecule has 3 aromatic carbocycles. The van der Waals surface area contributed by atoms with Crippen LogP contribution in [0.25, 0.3) is 10.8 Å². The van der Waals surface area contributed by atoms with Gasteiger partial charge in [-0.25, -0.2) is 4.39 Å². The SMILES string of the molecule is N=C(c1ccc2ccccc2c1)c1cc(NC(=O)c2ccco2)c(F)cc1N. The number of nitrogens with two attached hydrogens (primary N) is 1. The van der Waals surface area contributed by atoms with E-state index < -0.39 is 11.7 Å². The molecular weight excluding hydrogens is 357 g/mol. The zero-order chi connectivity index (χ0) is 19.7. The number of hydrogen-bond acceptors (Lipinski definition) is 4. The average Bonchev–Trinajstić information content (AvgIpc) is 3.24. The number of nitrogen functional groups attached to an aromatic ring is 1. The lowest BCUT2D eigenvalue weighted by molar-refractivity contribution is 0.0996. The average molecular weight is 373 g/mol. The van der Waals surface area contributed by atoms with Crippen molar-refractivity contribution in [2.24, 2.45) is 0 Å². The second-order valence-corrected chi connectivity index (χ2v) is 6.29. The maximum absolute atomic E-state index is 14.3. The highest BCUT2D eigenvalue weighted by Crippen LogP contribution is 2.26. The van der Waals surface area contributed by atoms with Crippen molar-refractivity contribution in [1.29, 1.82) is 5.41 Å². The molecule has 0 saturated heterocycles. The predicted octanol–water partition coefficient (Wildman–Crippen LogP) is 4.82. The zero-order valence-electron chi connectivity index (χ0n) is 14.7. The first-order chi connectivity index (χ1) is 13.5. The number of fused-ring (bicyclic) bond motifs is 1. The molecule has 28 heavy (non-hydrogen) atoms. The van der Waals surface area contributed by atoms with Gasteiger partial charge in [0.15, 0.2) is 5.76 Å². The third-order valence-electron chi connectivity index (χ3n) is 4.44. The van der Waals surface area contributed by atoms with Crippen LogP contribution in [-0.4, -0.2) is 11.6 Å². The summed E-state index contributed by atoms with van der Waals surface area (Å²) in [6, 6.07) is 18.9. The molecule has 0 unspecified atom stereocenters. The molecule has 0 fully saturated rings. The largest absolute Gasteiger partial charge is 0.459 e. The summed E-state index contributed by atoms with van der Waals surface area (Å²) < 4.78 is 19.3. The number of amides is 1. The molecule has 0 aliphatic heterocycles. The minimum Gasteiger partial charge on any atom is -0.459 e. The lowest BCUT2D eigenvalue weighted by Gasteiger charge is -2.13. The number of halogens is 1. The van der Waals surface area contributed by atoms with E-state index in [0.717, 1.165) is 16.8 Å². The van der Waals surface area contributed by atoms with E-state index >= 15 is 0 Å². The van der Waals surface area contributed by atoms with Crippen LogP contribution in [0.3, 0.4) is 0 Å². The van der Waals surface area contributed by atoms with E-state index in [9.17, 15) is 9.18 Å². The van der Waals surface area contributed by atoms with Crippen LogP contribution < -0.4 is 11.1 Å². The molecule has 0 spiro atoms. The fourth-order valence-electron chi connectivity index (χ4n) is 2.99. The van der Waals surface area contributed by atoms with Gasteiger partial charge in [0, 0.05) is 16.8 Å². The summed E-state index contributed by atoms with van der Waals surface area (Å²) >= 11 is 0. The number of furan rings is 1. The normalized spacial score (nSPS) is 10.8. The molecular formula is C22H16FN3O2. The Morgan fingerprint density at radius 2 is 1.79 bits per heavy atom. The number of benzene rings is 3. The van der Waals surface area contributed by atoms with Gasteiger partial charge >= 0.3 is 0 Å². The summed E-state index contributed by atoms with van der Waals surface area (Å²) in [6.45, 7) is 0. The van der Waals surface area contributed by atoms with Gasteiger partial charge in [-0.2, -0.15) is 0 Å². The number of carbonyl (C=O) groups is 1. The van der Waals surface area contributed by atoms with Crippen molar-refractivity contribution in [1.82, 2.24) is 0 Å². The smallest absolute Gasteiger partial charge is 0.291 e. The van der Waals surface area contributed by atoms with Crippen molar-refractivity contribution in [3.05, 3.63) is 95.7 Å². The Kier molecular flexibility index (Phi) is 4.37. The van der Waals surface area contributed by atoms with E-state index in [1.165, 1.54) is 18.4 Å². The molecule has 1 aromatic heterocycles. The molecule has 0 aliphatic rings. The molecule has 0 atom stereocenters. The minimum atomic E-state index is -0.688. The van der Waals surface area contributed by atoms with E-state index in [4.69, 9.17) is 15.6 Å². The summed E-state index contributed by atoms with van der Waals surface area (Å²) in [5, 5.41) is 13.0. The van der Waals surface area contributed by atoms with Crippen LogP contribution in [0.1, 0.15) is 21.7 Å². The predicted molar refractivity (Wildman–Crippen MR) is 107 cm³/mol. The molecule has 0 aliphatic carbocycles. The van der Waals surface area contributed by atoms with Crippen molar-refractivity contribution in [2.75, 3.05) is 11.1 Å². The number of nitrogens with one attached hydrogen (secondary N) is 2. The van der Waals surface area contributed by atoms with E-state index in [-0.39, 0.29) is 22.8 Å². The lowest BCUT2D eigenvalue weighted by Crippen LogP contribution is -2.14. The van der Waals surface area contributed by atoms with Gasteiger partial charge in [-0.05, 0) is 41.1 Å². The summed E-state index contributed by atoms with van der Waals surface area (Å²) in [5.41, 5.74) is 7.10. The van der Waals surface area contributed by atoms with Crippen LogP contribution in [0.15, 0.2) is 77.4 Å². The number of rotatable bonds is 4. The lowest BCUT2D eigenvalue weighted by atomic mass is 9.97. The van der Waals surface area contributed by atoms with Crippen LogP contribution in [0.2, 0.25) is 0 Å². The highest BCUT2D eigenvalue weighted by molar-refractivity contribution is 6.16. The van der Waals surface area contributed by atoms with E-state index in [1.54, 1.807) is 6.07 Å². The highest BCUT2D eigenvalue weighted by Gasteiger charge is 2.17. The van der Waals surface area contributed by atoms with Gasteiger partial charge in [-0.15, -0.1) is 0 Å². The molecule has 4 rings (SSSR count). The number of carbonyl (C=O) groups excluding carboxylic acids is 1. The first-order valence-corrected chi connectivity index (χ1v) is 8.55. The van der Waals surface area contributed by atoms with Gasteiger partial charge in [0.05, 0.1) is 17.7 Å². The van der Waals surface area contributed by atoms with Crippen molar-refractivity contribution >= 4 is 33.8 Å². The number of anilines is 2. The molecule has 4 N–H and O–H groups in total. The molecule has 1 amide bonds. The van der Waals surface area contributed by atoms with Gasteiger partial charge < -0.3 is 15.5 Å². The maximum Gasteiger partial charge on any atom is 0.291 e. The van der Waals surface area contributed by atoms with Gasteiger partial charge in [0.1, 0.15) is 5.82 Å². The van der Waals surface area contributed by atoms with Crippen LogP contribution in [0.4, 0.5) is 15.8 Å². The molecule has 4 aromatic rings. The quantitative estimate of drug-likeness (QED) is 0.354. The van der Waals surface area contributed by atoms with Crippen molar-refractivity contribution in [3.8, 4) is 0 Å². The van der Waals surface area contributed by atoms with E-state index in [2.05, 4.69) is 5.32 Å². The van der Waals surface area contributed by atoms with Gasteiger partial charge in [-0.3, -0.25) is 10.2 Å². The Balaban J connectivity index is 1.70. The Labute approximate surface area is 160 Å². The molecule has 0 radical (unpaired) electrons. The molecule has 6 heteroatoms. The molecule has 1 heterocycles. The van der Waals surface area contributed by atoms with Crippen molar-refractivity contribution < 1.29 is 13.6 Å². The van der Waals surface area contributed by atoms with Crippen molar-refractivity contribution in [2.45, 2.75) is 0 Å². The zero-order valence-corrected chi connectivity index (χ0v) is 14.7. The molecule has 5 nitrogen and oxygen atoms in total. The second-order valence-electron chi connectivity index (χ2n) is 6.29. The summed E-state index contributed by atoms with van der Waals surface area (Å²) in [4.78, 5) is 12.2. The van der Waals surface area contributed by atoms with Crippen molar-refractivity contribution in [3.63, 3.8) is 0 Å². The number of hydrogen-bond donors (Lipinski definition) is 3. The first kappa shape index (κ1) is 17.5. The fraction of sp³-hybridized carbons (Fsp3) is 0. The summed E-state index contributed by atoms with van der Waals surface area (Å²) in [6.07, 6.45) is 1.36. The first-order valence-electron chi connectivity index (χ1n) is 8.55. The molecule has 0 saturated carbocycles. The fourth-order valence-corrected chi connectivity index (χ4v) is 2.99. The second kappa shape index (κ2) is 7.00. The van der Waals surface area contributed by atoms with Gasteiger partial charge in [0.25, 0.3) is 5.91 Å². The van der Waals surface area contributed by atoms with Gasteiger partial charge in [-0.1, -0.05) is 36.4 Å². The Morgan fingerprint density at radius 3 is 2.54 bits per heavy atom. The van der Waals surface area contributed by atoms with Crippen LogP contribution >= 0.6 is 0 Å². The monoisotopic (exact) mass is 373 g/mol. The summed E-state index contributed by atoms with van der Waals surface area (Å²) in [7, 11) is 0. The highest BCUT2D eigenvalue weighted by atomic mass is 19.1. The van der Waals surface area contributed by atoms with Crippen LogP contribution in [-0.2, 0) is 0 Å². The Bertz CT molecular complexity index is 1200. The van der Waals surface area contributed by atoms with E-state index in [1.807, 2.05) is 42.5 Å². The third kappa shape index (κ3) is 3.23. The van der Waals surface area contributed by atoms with Gasteiger partial charge in [0.2, 0.25) is 0 Å². The Morgan fingerprint density at radius 1 is 1.00 bits per heavy atom. The Hall–Kier alpha value is -3.93. The third-order valence-corrected chi connectivity index (χ3v) is 4.44. The molecule has 138 valence electrons. The topological polar surface area (TPSA) is 92.1 Å². The van der Waals surface area contributed by atoms with E-state index in [0.29, 0.717) is 11.1 Å². The molecule has 0 bridgehead atoms. The maximum atomic E-state index is 14.3. The van der Waals surface area contributed by atoms with Crippen LogP contribution in [0, 0.1) is 11.2 Å². The van der Waals surface area contributed by atoms with Crippen LogP contribution in [0.5, 0.6) is 0 Å². The summed E-state index contributed by atoms with van der Waals surface area (Å²) in [5.74, 6) is -1.22. The minimum absolute atomic E-state index is 0.0578. The standard InChI is InChI=1S/C22H16FN3O2/c23-17-12-18(24)16(11-19(17)26-22(27)20-6-3-9-28-20)21(25)15-8-7-13-4-1-2-5-14(13)10-15/h1-12,25H,24H2,(H,26,27).